The number of nitrogens with one attached hydrogen (secondary N) is 3. The number of ether oxygens (including phenoxy) is 1. The lowest BCUT2D eigenvalue weighted by Crippen LogP contribution is -2.61. The van der Waals surface area contributed by atoms with Gasteiger partial charge in [0.05, 0.1) is 7.11 Å². The van der Waals surface area contributed by atoms with Gasteiger partial charge in [0.1, 0.15) is 17.6 Å². The molecule has 0 aromatic heterocycles. The van der Waals surface area contributed by atoms with Gasteiger partial charge in [0.15, 0.2) is 0 Å². The minimum atomic E-state index is -1.30. The maximum Gasteiger partial charge on any atom is 0.328 e. The van der Waals surface area contributed by atoms with E-state index in [4.69, 9.17) is 4.74 Å². The first-order valence-corrected chi connectivity index (χ1v) is 10.6. The van der Waals surface area contributed by atoms with Crippen LogP contribution in [0.2, 0.25) is 0 Å². The molecule has 0 bridgehead atoms. The molecule has 1 rings (SSSR count). The van der Waals surface area contributed by atoms with Crippen LogP contribution in [0.25, 0.3) is 0 Å². The Bertz CT molecular complexity index is 697. The van der Waals surface area contributed by atoms with Crippen molar-refractivity contribution < 1.29 is 23.9 Å². The Morgan fingerprint density at radius 2 is 1.83 bits per heavy atom. The van der Waals surface area contributed by atoms with Crippen LogP contribution < -0.4 is 16.0 Å². The number of carbonyl (C=O) groups is 4. The van der Waals surface area contributed by atoms with Crippen LogP contribution in [0.3, 0.4) is 0 Å². The quantitative estimate of drug-likeness (QED) is 0.336. The number of hydrogen-bond acceptors (Lipinski definition) is 6. The lowest BCUT2D eigenvalue weighted by molar-refractivity contribution is -0.146. The molecule has 0 aliphatic rings. The lowest BCUT2D eigenvalue weighted by atomic mass is 10.0. The minimum absolute atomic E-state index is 0.256. The van der Waals surface area contributed by atoms with Gasteiger partial charge in [0.25, 0.3) is 0 Å². The molecule has 29 heavy (non-hydrogen) atoms. The average molecular weight is 424 g/mol. The summed E-state index contributed by atoms with van der Waals surface area (Å²) in [6.45, 7) is 3.06. The van der Waals surface area contributed by atoms with Gasteiger partial charge in [-0.25, -0.2) is 4.79 Å². The smallest absolute Gasteiger partial charge is 0.328 e. The van der Waals surface area contributed by atoms with Gasteiger partial charge in [0, 0.05) is 6.42 Å². The molecule has 1 aromatic rings. The van der Waals surface area contributed by atoms with Gasteiger partial charge >= 0.3 is 5.97 Å². The molecule has 0 fully saturated rings. The highest BCUT2D eigenvalue weighted by Gasteiger charge is 2.34. The second-order valence-electron chi connectivity index (χ2n) is 6.97. The zero-order valence-electron chi connectivity index (χ0n) is 17.2. The number of carbonyl (C=O) groups excluding carboxylic acids is 4. The summed E-state index contributed by atoms with van der Waals surface area (Å²) in [5.41, 5.74) is -0.445. The van der Waals surface area contributed by atoms with Crippen molar-refractivity contribution in [2.75, 3.05) is 19.1 Å². The van der Waals surface area contributed by atoms with E-state index in [2.05, 4.69) is 16.0 Å². The topological polar surface area (TPSA) is 114 Å². The van der Waals surface area contributed by atoms with Crippen LogP contribution in [0.4, 0.5) is 0 Å². The normalized spacial score (nSPS) is 13.0. The van der Waals surface area contributed by atoms with Crippen LogP contribution in [0.1, 0.15) is 25.8 Å². The molecule has 0 spiro atoms. The van der Waals surface area contributed by atoms with E-state index >= 15 is 0 Å². The number of rotatable bonds is 12. The summed E-state index contributed by atoms with van der Waals surface area (Å²) in [6.07, 6.45) is 3.05. The summed E-state index contributed by atoms with van der Waals surface area (Å²) in [5.74, 6) is -0.909. The number of methoxy groups -OCH3 is 1. The molecule has 2 atom stereocenters. The van der Waals surface area contributed by atoms with E-state index < -0.39 is 35.4 Å². The van der Waals surface area contributed by atoms with E-state index in [0.717, 1.165) is 5.56 Å². The Hall–Kier alpha value is -2.55. The van der Waals surface area contributed by atoms with E-state index in [1.165, 1.54) is 21.0 Å². The Labute approximate surface area is 175 Å². The number of benzene rings is 1. The number of amides is 3. The third-order valence-electron chi connectivity index (χ3n) is 4.27. The Morgan fingerprint density at radius 3 is 2.38 bits per heavy atom. The number of esters is 1. The fraction of sp³-hybridized carbons (Fsp3) is 0.500. The Kier molecular flexibility index (Phi) is 10.2. The van der Waals surface area contributed by atoms with Crippen LogP contribution in [-0.4, -0.2) is 60.9 Å². The highest BCUT2D eigenvalue weighted by molar-refractivity contribution is 7.98. The third-order valence-corrected chi connectivity index (χ3v) is 4.92. The second-order valence-corrected chi connectivity index (χ2v) is 7.96. The predicted octanol–water partition coefficient (Wildman–Crippen LogP) is 0.649. The molecule has 1 aromatic carbocycles. The second kappa shape index (κ2) is 12.1. The number of thioether (sulfide) groups is 1. The van der Waals surface area contributed by atoms with Gasteiger partial charge in [-0.15, -0.1) is 0 Å². The van der Waals surface area contributed by atoms with Crippen molar-refractivity contribution in [1.29, 1.82) is 0 Å². The predicted molar refractivity (Wildman–Crippen MR) is 112 cm³/mol. The molecule has 0 aliphatic carbocycles. The lowest BCUT2D eigenvalue weighted by Gasteiger charge is -2.29. The molecular weight excluding hydrogens is 394 g/mol. The van der Waals surface area contributed by atoms with Crippen molar-refractivity contribution in [2.45, 2.75) is 44.3 Å². The molecule has 0 saturated heterocycles. The van der Waals surface area contributed by atoms with Crippen LogP contribution in [0.15, 0.2) is 30.3 Å². The van der Waals surface area contributed by atoms with Crippen LogP contribution in [0.5, 0.6) is 0 Å². The van der Waals surface area contributed by atoms with Gasteiger partial charge < -0.3 is 20.7 Å². The van der Waals surface area contributed by atoms with E-state index in [-0.39, 0.29) is 6.42 Å². The zero-order valence-corrected chi connectivity index (χ0v) is 18.0. The van der Waals surface area contributed by atoms with Gasteiger partial charge in [-0.05, 0) is 37.8 Å². The van der Waals surface area contributed by atoms with Gasteiger partial charge in [-0.1, -0.05) is 30.3 Å². The van der Waals surface area contributed by atoms with Gasteiger partial charge in [0.2, 0.25) is 18.2 Å². The van der Waals surface area contributed by atoms with Crippen molar-refractivity contribution in [3.63, 3.8) is 0 Å². The van der Waals surface area contributed by atoms with Crippen molar-refractivity contribution in [3.05, 3.63) is 35.9 Å². The maximum absolute atomic E-state index is 12.8. The molecule has 0 heterocycles. The van der Waals surface area contributed by atoms with E-state index in [0.29, 0.717) is 18.6 Å². The fourth-order valence-corrected chi connectivity index (χ4v) is 3.06. The summed E-state index contributed by atoms with van der Waals surface area (Å²) in [6, 6.07) is 7.58. The van der Waals surface area contributed by atoms with E-state index in [1.54, 1.807) is 11.8 Å². The van der Waals surface area contributed by atoms with Crippen molar-refractivity contribution >= 4 is 36.0 Å². The summed E-state index contributed by atoms with van der Waals surface area (Å²) in [5, 5.41) is 7.76. The van der Waals surface area contributed by atoms with Crippen molar-refractivity contribution in [3.8, 4) is 0 Å². The monoisotopic (exact) mass is 423 g/mol. The molecule has 3 N–H and O–H groups in total. The SMILES string of the molecule is COC(=O)C(Cc1ccccc1)NC(=O)C(C)(C)NC(=O)C(CCSC)NC=O. The zero-order chi connectivity index (χ0) is 21.9. The molecule has 8 nitrogen and oxygen atoms in total. The third kappa shape index (κ3) is 8.15. The fourth-order valence-electron chi connectivity index (χ4n) is 2.58. The first-order valence-electron chi connectivity index (χ1n) is 9.18. The molecule has 0 aliphatic heterocycles. The van der Waals surface area contributed by atoms with Crippen LogP contribution in [0, 0.1) is 0 Å². The molecule has 160 valence electrons. The highest BCUT2D eigenvalue weighted by Crippen LogP contribution is 2.09. The first kappa shape index (κ1) is 24.5. The van der Waals surface area contributed by atoms with Crippen LogP contribution in [-0.2, 0) is 30.3 Å². The number of hydrogen-bond donors (Lipinski definition) is 3. The standard InChI is InChI=1S/C20H29N3O5S/c1-20(2,23-17(25)15(21-13-24)10-11-29-4)19(27)22-16(18(26)28-3)12-14-8-6-5-7-9-14/h5-9,13,15-16H,10-12H2,1-4H3,(H,21,24)(H,22,27)(H,23,25). The Morgan fingerprint density at radius 1 is 1.17 bits per heavy atom. The van der Waals surface area contributed by atoms with Gasteiger partial charge in [-0.2, -0.15) is 11.8 Å². The summed E-state index contributed by atoms with van der Waals surface area (Å²) >= 11 is 1.55. The van der Waals surface area contributed by atoms with Gasteiger partial charge in [-0.3, -0.25) is 14.4 Å². The van der Waals surface area contributed by atoms with Crippen molar-refractivity contribution in [2.24, 2.45) is 0 Å². The van der Waals surface area contributed by atoms with Crippen LogP contribution >= 0.6 is 11.8 Å². The Balaban J connectivity index is 2.84. The van der Waals surface area contributed by atoms with Crippen molar-refractivity contribution in [1.82, 2.24) is 16.0 Å². The molecule has 9 heteroatoms. The van der Waals surface area contributed by atoms with E-state index in [1.807, 2.05) is 36.6 Å². The van der Waals surface area contributed by atoms with E-state index in [9.17, 15) is 19.2 Å². The molecule has 2 unspecified atom stereocenters. The highest BCUT2D eigenvalue weighted by atomic mass is 32.2. The largest absolute Gasteiger partial charge is 0.467 e. The summed E-state index contributed by atoms with van der Waals surface area (Å²) < 4.78 is 4.80. The summed E-state index contributed by atoms with van der Waals surface area (Å²) in [7, 11) is 1.25. The average Bonchev–Trinajstić information content (AvgIpc) is 2.70. The first-order chi connectivity index (χ1) is 13.7. The molecule has 0 radical (unpaired) electrons. The molecule has 3 amide bonds. The summed E-state index contributed by atoms with van der Waals surface area (Å²) in [4.78, 5) is 48.2. The minimum Gasteiger partial charge on any atom is -0.467 e. The maximum atomic E-state index is 12.8. The molecule has 0 saturated carbocycles. The molecular formula is C20H29N3O5S.